The van der Waals surface area contributed by atoms with E-state index in [1.807, 2.05) is 0 Å². The molecule has 0 fully saturated rings. The Balaban J connectivity index is 5.21. The standard InChI is InChI=1S/C85H166O17P2/c1-9-78(8)64-56-48-40-32-26-19-16-17-21-28-34-42-51-59-67-84(89)102-81(72-96-83(88)66-58-50-44-36-39-47-55-63-77(6)7)74-100-104(93,94)98-70-79(86)69-97-103(91,92)99-73-80(101-85(90)68-60-52-43-35-29-23-22-25-31-38-46-54-62-76(4)5)71-95-82(87)65-57-49-41-33-27-20-15-13-11-10-12-14-18-24-30-37-45-53-61-75(2)3/h75-81,86H,9-74H2,1-8H3,(H,91,92)(H,93,94)/t78?,79?,80-,81-/m1/s1. The van der Waals surface area contributed by atoms with Gasteiger partial charge in [-0.15, -0.1) is 0 Å². The zero-order valence-electron chi connectivity index (χ0n) is 68.7. The van der Waals surface area contributed by atoms with Crippen LogP contribution in [0.15, 0.2) is 0 Å². The summed E-state index contributed by atoms with van der Waals surface area (Å²) in [6.07, 6.45) is 62.5. The Hall–Kier alpha value is -1.94. The topological polar surface area (TPSA) is 237 Å². The van der Waals surface area contributed by atoms with Crippen molar-refractivity contribution in [3.05, 3.63) is 0 Å². The molecule has 0 bridgehead atoms. The monoisotopic (exact) mass is 1520 g/mol. The van der Waals surface area contributed by atoms with Crippen molar-refractivity contribution in [3.8, 4) is 0 Å². The number of carbonyl (C=O) groups is 4. The molecule has 618 valence electrons. The van der Waals surface area contributed by atoms with Gasteiger partial charge in [0.2, 0.25) is 0 Å². The normalized spacial score (nSPS) is 14.2. The summed E-state index contributed by atoms with van der Waals surface area (Å²) in [5, 5.41) is 10.7. The highest BCUT2D eigenvalue weighted by Crippen LogP contribution is 2.45. The van der Waals surface area contributed by atoms with E-state index in [2.05, 4.69) is 55.4 Å². The van der Waals surface area contributed by atoms with Crippen molar-refractivity contribution in [2.45, 2.75) is 459 Å². The Labute approximate surface area is 638 Å². The van der Waals surface area contributed by atoms with Gasteiger partial charge in [-0.05, 0) is 49.4 Å². The molecule has 17 nitrogen and oxygen atoms in total. The minimum atomic E-state index is -4.97. The third-order valence-electron chi connectivity index (χ3n) is 20.2. The van der Waals surface area contributed by atoms with Crippen LogP contribution in [0, 0.1) is 23.7 Å². The summed E-state index contributed by atoms with van der Waals surface area (Å²) in [5.41, 5.74) is 0. The molecule has 0 aromatic rings. The van der Waals surface area contributed by atoms with E-state index in [9.17, 15) is 43.2 Å². The van der Waals surface area contributed by atoms with Crippen molar-refractivity contribution in [2.75, 3.05) is 39.6 Å². The quantitative estimate of drug-likeness (QED) is 0.0222. The summed E-state index contributed by atoms with van der Waals surface area (Å²) in [6, 6.07) is 0. The highest BCUT2D eigenvalue weighted by molar-refractivity contribution is 7.47. The van der Waals surface area contributed by atoms with E-state index >= 15 is 0 Å². The number of unbranched alkanes of at least 4 members (excludes halogenated alkanes) is 47. The number of aliphatic hydroxyl groups excluding tert-OH is 1. The lowest BCUT2D eigenvalue weighted by atomic mass is 9.99. The first kappa shape index (κ1) is 102. The molecule has 0 aliphatic rings. The average molecular weight is 1520 g/mol. The average Bonchev–Trinajstić information content (AvgIpc) is 0.902. The lowest BCUT2D eigenvalue weighted by Gasteiger charge is -2.21. The largest absolute Gasteiger partial charge is 0.472 e. The van der Waals surface area contributed by atoms with Crippen LogP contribution in [0.5, 0.6) is 0 Å². The molecule has 0 saturated heterocycles. The molecule has 0 heterocycles. The number of esters is 4. The minimum Gasteiger partial charge on any atom is -0.462 e. The van der Waals surface area contributed by atoms with E-state index < -0.39 is 97.5 Å². The molecule has 104 heavy (non-hydrogen) atoms. The molecule has 0 aromatic carbocycles. The molecule has 0 amide bonds. The summed E-state index contributed by atoms with van der Waals surface area (Å²) >= 11 is 0. The number of ether oxygens (including phenoxy) is 4. The van der Waals surface area contributed by atoms with Crippen molar-refractivity contribution in [1.29, 1.82) is 0 Å². The molecule has 4 unspecified atom stereocenters. The summed E-state index contributed by atoms with van der Waals surface area (Å²) in [7, 11) is -9.93. The van der Waals surface area contributed by atoms with E-state index in [0.29, 0.717) is 31.6 Å². The van der Waals surface area contributed by atoms with Crippen LogP contribution >= 0.6 is 15.6 Å². The molecule has 0 rings (SSSR count). The van der Waals surface area contributed by atoms with Crippen molar-refractivity contribution in [3.63, 3.8) is 0 Å². The Kier molecular flexibility index (Phi) is 72.5. The smallest absolute Gasteiger partial charge is 0.462 e. The van der Waals surface area contributed by atoms with Crippen LogP contribution in [0.1, 0.15) is 441 Å². The Bertz CT molecular complexity index is 2030. The lowest BCUT2D eigenvalue weighted by molar-refractivity contribution is -0.161. The van der Waals surface area contributed by atoms with Gasteiger partial charge in [0.15, 0.2) is 12.2 Å². The molecule has 0 spiro atoms. The molecule has 3 N–H and O–H groups in total. The number of aliphatic hydroxyl groups is 1. The van der Waals surface area contributed by atoms with Gasteiger partial charge in [0, 0.05) is 25.7 Å². The third kappa shape index (κ3) is 76.8. The highest BCUT2D eigenvalue weighted by Gasteiger charge is 2.30. The van der Waals surface area contributed by atoms with Crippen molar-refractivity contribution in [2.24, 2.45) is 23.7 Å². The first-order chi connectivity index (χ1) is 50.1. The lowest BCUT2D eigenvalue weighted by Crippen LogP contribution is -2.30. The minimum absolute atomic E-state index is 0.107. The van der Waals surface area contributed by atoms with Gasteiger partial charge in [-0.3, -0.25) is 37.3 Å². The van der Waals surface area contributed by atoms with E-state index in [1.165, 1.54) is 238 Å². The first-order valence-corrected chi connectivity index (χ1v) is 46.7. The molecular formula is C85H166O17P2. The SMILES string of the molecule is CCC(C)CCCCCCCCCCCCCCCCC(=O)O[C@H](COC(=O)CCCCCCCCCC(C)C)COP(=O)(O)OCC(O)COP(=O)(O)OC[C@@H](COC(=O)CCCCCCCCCCCCCCCCCCCCC(C)C)OC(=O)CCCCCCCCCCCCCCC(C)C. The van der Waals surface area contributed by atoms with Gasteiger partial charge >= 0.3 is 39.5 Å². The predicted molar refractivity (Wildman–Crippen MR) is 428 cm³/mol. The molecule has 0 radical (unpaired) electrons. The molecule has 19 heteroatoms. The second kappa shape index (κ2) is 73.8. The fourth-order valence-corrected chi connectivity index (χ4v) is 14.7. The van der Waals surface area contributed by atoms with Crippen molar-refractivity contribution in [1.82, 2.24) is 0 Å². The second-order valence-corrected chi connectivity index (χ2v) is 35.2. The van der Waals surface area contributed by atoms with E-state index in [1.54, 1.807) is 0 Å². The number of phosphoric acid groups is 2. The molecule has 0 saturated carbocycles. The van der Waals surface area contributed by atoms with Gasteiger partial charge in [0.25, 0.3) is 0 Å². The van der Waals surface area contributed by atoms with Crippen LogP contribution in [-0.2, 0) is 65.4 Å². The van der Waals surface area contributed by atoms with Crippen LogP contribution in [0.2, 0.25) is 0 Å². The Morgan fingerprint density at radius 3 is 0.683 bits per heavy atom. The maximum absolute atomic E-state index is 13.1. The third-order valence-corrected chi connectivity index (χ3v) is 22.1. The maximum Gasteiger partial charge on any atom is 0.472 e. The molecule has 6 atom stereocenters. The zero-order valence-corrected chi connectivity index (χ0v) is 70.5. The molecule has 0 aromatic heterocycles. The summed E-state index contributed by atoms with van der Waals surface area (Å²) in [5.74, 6) is 1.04. The molecular weight excluding hydrogens is 1350 g/mol. The van der Waals surface area contributed by atoms with E-state index in [0.717, 1.165) is 114 Å². The van der Waals surface area contributed by atoms with Gasteiger partial charge in [-0.25, -0.2) is 9.13 Å². The van der Waals surface area contributed by atoms with Crippen molar-refractivity contribution < 1.29 is 80.2 Å². The van der Waals surface area contributed by atoms with Crippen LogP contribution in [0.25, 0.3) is 0 Å². The van der Waals surface area contributed by atoms with Gasteiger partial charge in [-0.1, -0.05) is 389 Å². The number of hydrogen-bond acceptors (Lipinski definition) is 15. The Morgan fingerprint density at radius 1 is 0.269 bits per heavy atom. The van der Waals surface area contributed by atoms with E-state index in [-0.39, 0.29) is 25.7 Å². The predicted octanol–water partition coefficient (Wildman–Crippen LogP) is 25.6. The fraction of sp³-hybridized carbons (Fsp3) is 0.953. The summed E-state index contributed by atoms with van der Waals surface area (Å²) in [6.45, 7) is 14.3. The van der Waals surface area contributed by atoms with Gasteiger partial charge in [-0.2, -0.15) is 0 Å². The van der Waals surface area contributed by atoms with Crippen LogP contribution in [0.4, 0.5) is 0 Å². The first-order valence-electron chi connectivity index (χ1n) is 43.7. The van der Waals surface area contributed by atoms with Crippen LogP contribution in [0.3, 0.4) is 0 Å². The van der Waals surface area contributed by atoms with Crippen LogP contribution in [-0.4, -0.2) is 96.7 Å². The van der Waals surface area contributed by atoms with Gasteiger partial charge < -0.3 is 33.8 Å². The summed E-state index contributed by atoms with van der Waals surface area (Å²) < 4.78 is 68.8. The van der Waals surface area contributed by atoms with Crippen molar-refractivity contribution >= 4 is 39.5 Å². The second-order valence-electron chi connectivity index (χ2n) is 32.2. The van der Waals surface area contributed by atoms with Crippen LogP contribution < -0.4 is 0 Å². The summed E-state index contributed by atoms with van der Waals surface area (Å²) in [4.78, 5) is 73.2. The van der Waals surface area contributed by atoms with Gasteiger partial charge in [0.1, 0.15) is 19.3 Å². The number of hydrogen-bond donors (Lipinski definition) is 3. The van der Waals surface area contributed by atoms with Gasteiger partial charge in [0.05, 0.1) is 26.4 Å². The maximum atomic E-state index is 13.1. The Morgan fingerprint density at radius 2 is 0.462 bits per heavy atom. The fourth-order valence-electron chi connectivity index (χ4n) is 13.1. The highest BCUT2D eigenvalue weighted by atomic mass is 31.2. The number of carbonyl (C=O) groups excluding carboxylic acids is 4. The molecule has 0 aliphatic carbocycles. The van der Waals surface area contributed by atoms with E-state index in [4.69, 9.17) is 37.0 Å². The zero-order chi connectivity index (χ0) is 76.7. The number of rotatable bonds is 82. The molecule has 0 aliphatic heterocycles. The number of phosphoric ester groups is 2.